The van der Waals surface area contributed by atoms with Crippen LogP contribution in [0.4, 0.5) is 0 Å². The molecule has 10 heteroatoms. The van der Waals surface area contributed by atoms with Crippen LogP contribution in [0.2, 0.25) is 0 Å². The SMILES string of the molecule is CN1CCC=C(c2nsnc2SCCCCSc2nsnc2C2CN3CCCC2C3)C1. The maximum Gasteiger partial charge on any atom is 0.138 e. The zero-order chi connectivity index (χ0) is 21.0. The fraction of sp³-hybridized carbons (Fsp3) is 0.714. The molecular weight excluding hydrogens is 465 g/mol. The third-order valence-electron chi connectivity index (χ3n) is 6.52. The van der Waals surface area contributed by atoms with E-state index < -0.39 is 0 Å². The second-order valence-corrected chi connectivity index (χ2v) is 12.0. The summed E-state index contributed by atoms with van der Waals surface area (Å²) in [4.78, 5) is 4.98. The molecule has 31 heavy (non-hydrogen) atoms. The minimum Gasteiger partial charge on any atom is -0.302 e. The summed E-state index contributed by atoms with van der Waals surface area (Å²) in [5.74, 6) is 3.64. The topological polar surface area (TPSA) is 58.0 Å². The van der Waals surface area contributed by atoms with Crippen molar-refractivity contribution >= 4 is 52.6 Å². The Bertz CT molecular complexity index is 896. The van der Waals surface area contributed by atoms with E-state index in [1.165, 1.54) is 85.1 Å². The van der Waals surface area contributed by atoms with Gasteiger partial charge in [-0.1, -0.05) is 6.08 Å². The van der Waals surface area contributed by atoms with Crippen molar-refractivity contribution < 1.29 is 0 Å². The Morgan fingerprint density at radius 3 is 2.65 bits per heavy atom. The molecule has 2 fully saturated rings. The number of aromatic nitrogens is 4. The summed E-state index contributed by atoms with van der Waals surface area (Å²) in [7, 11) is 2.18. The summed E-state index contributed by atoms with van der Waals surface area (Å²) in [6, 6.07) is 0. The maximum absolute atomic E-state index is 4.72. The van der Waals surface area contributed by atoms with Crippen LogP contribution < -0.4 is 0 Å². The Morgan fingerprint density at radius 2 is 1.81 bits per heavy atom. The summed E-state index contributed by atoms with van der Waals surface area (Å²) >= 11 is 6.53. The van der Waals surface area contributed by atoms with E-state index in [0.717, 1.165) is 47.7 Å². The molecule has 0 radical (unpaired) electrons. The molecule has 0 amide bonds. The van der Waals surface area contributed by atoms with E-state index in [9.17, 15) is 0 Å². The molecule has 3 aliphatic rings. The first kappa shape index (κ1) is 22.3. The highest BCUT2D eigenvalue weighted by molar-refractivity contribution is 7.99. The Balaban J connectivity index is 1.06. The lowest BCUT2D eigenvalue weighted by atomic mass is 9.89. The van der Waals surface area contributed by atoms with Crippen molar-refractivity contribution in [3.8, 4) is 0 Å². The van der Waals surface area contributed by atoms with E-state index in [4.69, 9.17) is 4.37 Å². The van der Waals surface area contributed by atoms with Crippen molar-refractivity contribution in [2.45, 2.75) is 48.1 Å². The van der Waals surface area contributed by atoms with Crippen molar-refractivity contribution in [2.24, 2.45) is 5.92 Å². The van der Waals surface area contributed by atoms with Gasteiger partial charge in [0.2, 0.25) is 0 Å². The lowest BCUT2D eigenvalue weighted by Gasteiger charge is -2.22. The third kappa shape index (κ3) is 5.35. The normalized spacial score (nSPS) is 26.4. The Hall–Kier alpha value is -0.520. The number of thioether (sulfide) groups is 2. The standard InChI is InChI=1S/C21H30N6S4/c1-26-8-4-7-16(12-26)18-20(24-30-22-18)28-10-2-3-11-29-21-19(23-31-25-21)17-14-27-9-5-6-15(17)13-27/h7,15,17H,2-6,8-14H2,1H3. The molecule has 5 rings (SSSR count). The van der Waals surface area contributed by atoms with Crippen LogP contribution in [0.5, 0.6) is 0 Å². The molecule has 6 nitrogen and oxygen atoms in total. The van der Waals surface area contributed by atoms with Crippen LogP contribution in [-0.4, -0.2) is 78.6 Å². The molecule has 168 valence electrons. The van der Waals surface area contributed by atoms with Gasteiger partial charge in [0.25, 0.3) is 0 Å². The number of unbranched alkanes of at least 4 members (excludes halogenated alkanes) is 1. The number of piperidine rings is 1. The van der Waals surface area contributed by atoms with Gasteiger partial charge >= 0.3 is 0 Å². The van der Waals surface area contributed by atoms with Crippen LogP contribution in [-0.2, 0) is 0 Å². The molecule has 3 aliphatic heterocycles. The smallest absolute Gasteiger partial charge is 0.138 e. The van der Waals surface area contributed by atoms with Gasteiger partial charge < -0.3 is 9.80 Å². The number of nitrogens with zero attached hydrogens (tertiary/aromatic N) is 6. The monoisotopic (exact) mass is 494 g/mol. The Labute approximate surface area is 201 Å². The molecule has 3 unspecified atom stereocenters. The van der Waals surface area contributed by atoms with Gasteiger partial charge in [-0.2, -0.15) is 17.5 Å². The van der Waals surface area contributed by atoms with Crippen molar-refractivity contribution in [2.75, 3.05) is 51.3 Å². The molecule has 3 atom stereocenters. The van der Waals surface area contributed by atoms with Crippen LogP contribution in [0.25, 0.3) is 5.57 Å². The summed E-state index contributed by atoms with van der Waals surface area (Å²) in [6.45, 7) is 5.85. The molecule has 2 saturated heterocycles. The van der Waals surface area contributed by atoms with Gasteiger partial charge in [0, 0.05) is 32.1 Å². The van der Waals surface area contributed by atoms with Crippen LogP contribution >= 0.6 is 47.0 Å². The van der Waals surface area contributed by atoms with Crippen molar-refractivity contribution in [1.82, 2.24) is 27.3 Å². The molecular formula is C21H30N6S4. The fourth-order valence-electron chi connectivity index (χ4n) is 4.91. The first-order chi connectivity index (χ1) is 15.3. The van der Waals surface area contributed by atoms with Crippen molar-refractivity contribution in [3.63, 3.8) is 0 Å². The molecule has 2 bridgehead atoms. The Morgan fingerprint density at radius 1 is 1.00 bits per heavy atom. The molecule has 0 N–H and O–H groups in total. The van der Waals surface area contributed by atoms with Crippen LogP contribution in [0, 0.1) is 5.92 Å². The number of hydrogen-bond acceptors (Lipinski definition) is 10. The molecule has 0 spiro atoms. The van der Waals surface area contributed by atoms with Crippen LogP contribution in [0.1, 0.15) is 49.4 Å². The second kappa shape index (κ2) is 10.6. The maximum atomic E-state index is 4.72. The van der Waals surface area contributed by atoms with Gasteiger partial charge in [-0.05, 0) is 68.7 Å². The zero-order valence-corrected chi connectivity index (χ0v) is 21.3. The third-order valence-corrected chi connectivity index (χ3v) is 9.94. The van der Waals surface area contributed by atoms with E-state index in [2.05, 4.69) is 36.0 Å². The largest absolute Gasteiger partial charge is 0.302 e. The summed E-state index contributed by atoms with van der Waals surface area (Å²) in [5.41, 5.74) is 3.76. The van der Waals surface area contributed by atoms with Gasteiger partial charge in [0.1, 0.15) is 15.7 Å². The van der Waals surface area contributed by atoms with Gasteiger partial charge in [0.15, 0.2) is 0 Å². The number of likely N-dealkylation sites (N-methyl/N-ethyl adjacent to an activating group) is 1. The van der Waals surface area contributed by atoms with Gasteiger partial charge in [-0.15, -0.1) is 23.5 Å². The average molecular weight is 495 g/mol. The predicted molar refractivity (Wildman–Crippen MR) is 132 cm³/mol. The lowest BCUT2D eigenvalue weighted by Crippen LogP contribution is -2.25. The van der Waals surface area contributed by atoms with E-state index in [1.54, 1.807) is 0 Å². The molecule has 0 saturated carbocycles. The van der Waals surface area contributed by atoms with Crippen molar-refractivity contribution in [3.05, 3.63) is 17.5 Å². The highest BCUT2D eigenvalue weighted by Gasteiger charge is 2.38. The van der Waals surface area contributed by atoms with E-state index in [0.29, 0.717) is 5.92 Å². The van der Waals surface area contributed by atoms with Gasteiger partial charge in [0.05, 0.1) is 29.2 Å². The zero-order valence-electron chi connectivity index (χ0n) is 18.0. The first-order valence-electron chi connectivity index (χ1n) is 11.3. The summed E-state index contributed by atoms with van der Waals surface area (Å²) in [5, 5.41) is 2.32. The van der Waals surface area contributed by atoms with Gasteiger partial charge in [-0.3, -0.25) is 0 Å². The van der Waals surface area contributed by atoms with Crippen LogP contribution in [0.15, 0.2) is 16.1 Å². The number of rotatable bonds is 9. The predicted octanol–water partition coefficient (Wildman–Crippen LogP) is 4.58. The van der Waals surface area contributed by atoms with E-state index in [1.807, 2.05) is 23.5 Å². The highest BCUT2D eigenvalue weighted by Crippen LogP contribution is 2.41. The quantitative estimate of drug-likeness (QED) is 0.371. The average Bonchev–Trinajstić information content (AvgIpc) is 3.49. The summed E-state index contributed by atoms with van der Waals surface area (Å²) < 4.78 is 18.5. The lowest BCUT2D eigenvalue weighted by molar-refractivity contribution is 0.269. The second-order valence-electron chi connectivity index (χ2n) is 8.80. The fourth-order valence-corrected chi connectivity index (χ4v) is 8.40. The molecule has 0 aliphatic carbocycles. The Kier molecular flexibility index (Phi) is 7.62. The highest BCUT2D eigenvalue weighted by atomic mass is 32.2. The first-order valence-corrected chi connectivity index (χ1v) is 14.7. The molecule has 2 aromatic heterocycles. The number of fused-ring (bicyclic) bond motifs is 2. The molecule has 2 aromatic rings. The number of hydrogen-bond donors (Lipinski definition) is 0. The minimum absolute atomic E-state index is 0.614. The van der Waals surface area contributed by atoms with E-state index >= 15 is 0 Å². The minimum atomic E-state index is 0.614. The van der Waals surface area contributed by atoms with Crippen molar-refractivity contribution in [1.29, 1.82) is 0 Å². The molecule has 5 heterocycles. The van der Waals surface area contributed by atoms with Gasteiger partial charge in [-0.25, -0.2) is 0 Å². The van der Waals surface area contributed by atoms with Crippen LogP contribution in [0.3, 0.4) is 0 Å². The molecule has 0 aromatic carbocycles. The summed E-state index contributed by atoms with van der Waals surface area (Å²) in [6.07, 6.45) is 8.56. The van der Waals surface area contributed by atoms with E-state index in [-0.39, 0.29) is 0 Å².